The number of anilines is 1. The number of nitrogens with one attached hydrogen (secondary N) is 1. The lowest BCUT2D eigenvalue weighted by Crippen LogP contribution is -2.12. The Bertz CT molecular complexity index is 1360. The first-order valence-corrected chi connectivity index (χ1v) is 12.3. The van der Waals surface area contributed by atoms with Crippen LogP contribution in [0, 0.1) is 11.6 Å². The fourth-order valence-electron chi connectivity index (χ4n) is 3.49. The fourth-order valence-corrected chi connectivity index (χ4v) is 5.13. The molecule has 0 amide bonds. The maximum absolute atomic E-state index is 14.0. The topological polar surface area (TPSA) is 54.5 Å². The number of rotatable bonds is 9. The molecule has 0 saturated carbocycles. The third-order valence-corrected chi connectivity index (χ3v) is 7.20. The van der Waals surface area contributed by atoms with Gasteiger partial charge in [0.05, 0.1) is 12.0 Å². The second-order valence-corrected chi connectivity index (χ2v) is 9.92. The Morgan fingerprint density at radius 3 is 2.51 bits per heavy atom. The molecule has 4 aromatic rings. The number of hydrogen-bond donors (Lipinski definition) is 1. The van der Waals surface area contributed by atoms with Gasteiger partial charge in [0.2, 0.25) is 5.88 Å². The van der Waals surface area contributed by atoms with Crippen molar-refractivity contribution in [2.24, 2.45) is 0 Å². The summed E-state index contributed by atoms with van der Waals surface area (Å²) in [6.45, 7) is 0.671. The molecule has 2 heterocycles. The zero-order chi connectivity index (χ0) is 24.9. The van der Waals surface area contributed by atoms with Crippen LogP contribution in [0.2, 0.25) is 0 Å². The van der Waals surface area contributed by atoms with Crippen LogP contribution in [0.1, 0.15) is 15.9 Å². The monoisotopic (exact) mass is 511 g/mol. The Balaban J connectivity index is 1.60. The van der Waals surface area contributed by atoms with E-state index in [1.165, 1.54) is 19.2 Å². The van der Waals surface area contributed by atoms with Gasteiger partial charge in [-0.25, -0.2) is 13.8 Å². The summed E-state index contributed by atoms with van der Waals surface area (Å²) in [5, 5.41) is 0. The van der Waals surface area contributed by atoms with Crippen molar-refractivity contribution < 1.29 is 18.3 Å². The number of nitrogens with zero attached hydrogens (tertiary/aromatic N) is 2. The minimum absolute atomic E-state index is 0.254. The van der Waals surface area contributed by atoms with E-state index < -0.39 is 11.6 Å². The lowest BCUT2D eigenvalue weighted by molar-refractivity contribution is 0.112. The number of halogens is 2. The van der Waals surface area contributed by atoms with Gasteiger partial charge < -0.3 is 14.4 Å². The average molecular weight is 512 g/mol. The van der Waals surface area contributed by atoms with Crippen LogP contribution in [0.3, 0.4) is 0 Å². The number of pyridine rings is 1. The van der Waals surface area contributed by atoms with Gasteiger partial charge in [-0.2, -0.15) is 0 Å². The highest BCUT2D eigenvalue weighted by molar-refractivity contribution is 8.00. The number of methoxy groups -OCH3 is 1. The smallest absolute Gasteiger partial charge is 0.237 e. The lowest BCUT2D eigenvalue weighted by Gasteiger charge is -2.13. The summed E-state index contributed by atoms with van der Waals surface area (Å²) in [5.41, 5.74) is 4.12. The molecule has 2 aromatic carbocycles. The summed E-state index contributed by atoms with van der Waals surface area (Å²) in [6, 6.07) is 15.2. The molecule has 0 aliphatic carbocycles. The molecule has 1 N–H and O–H groups in total. The number of benzene rings is 2. The number of aromatic nitrogens is 1. The number of carbonyl (C=O) groups excluding carboxylic acids is 1. The SMILES string of the molecule is COc1ncc(-c2ccc(-c3ccc(C=O)c(CN(C)C)c3)s2)cc1NSc1ccc(F)cc1F. The van der Waals surface area contributed by atoms with E-state index in [2.05, 4.69) is 9.71 Å². The fraction of sp³-hybridized carbons (Fsp3) is 0.154. The molecule has 0 spiro atoms. The molecule has 0 bridgehead atoms. The van der Waals surface area contributed by atoms with Crippen LogP contribution in [0.5, 0.6) is 5.88 Å². The first-order valence-electron chi connectivity index (χ1n) is 10.6. The van der Waals surface area contributed by atoms with Gasteiger partial charge in [-0.15, -0.1) is 11.3 Å². The van der Waals surface area contributed by atoms with Gasteiger partial charge >= 0.3 is 0 Å². The highest BCUT2D eigenvalue weighted by atomic mass is 32.2. The van der Waals surface area contributed by atoms with Crippen molar-refractivity contribution >= 4 is 35.3 Å². The van der Waals surface area contributed by atoms with Gasteiger partial charge in [0.25, 0.3) is 0 Å². The number of carbonyl (C=O) groups is 1. The highest BCUT2D eigenvalue weighted by Crippen LogP contribution is 2.38. The third-order valence-electron chi connectivity index (χ3n) is 5.14. The Labute approximate surface area is 210 Å². The molecular weight excluding hydrogens is 488 g/mol. The van der Waals surface area contributed by atoms with Crippen molar-refractivity contribution in [2.75, 3.05) is 25.9 Å². The maximum Gasteiger partial charge on any atom is 0.237 e. The highest BCUT2D eigenvalue weighted by Gasteiger charge is 2.13. The molecule has 0 radical (unpaired) electrons. The number of ether oxygens (including phenoxy) is 1. The van der Waals surface area contributed by atoms with E-state index in [9.17, 15) is 13.6 Å². The molecule has 180 valence electrons. The summed E-state index contributed by atoms with van der Waals surface area (Å²) >= 11 is 2.62. The molecule has 4 rings (SSSR count). The van der Waals surface area contributed by atoms with E-state index in [0.29, 0.717) is 23.7 Å². The van der Waals surface area contributed by atoms with E-state index in [1.54, 1.807) is 17.5 Å². The molecule has 0 saturated heterocycles. The van der Waals surface area contributed by atoms with Crippen molar-refractivity contribution in [1.82, 2.24) is 9.88 Å². The van der Waals surface area contributed by atoms with Gasteiger partial charge in [0.15, 0.2) is 0 Å². The Morgan fingerprint density at radius 1 is 1.06 bits per heavy atom. The first kappa shape index (κ1) is 24.8. The quantitative estimate of drug-likeness (QED) is 0.198. The summed E-state index contributed by atoms with van der Waals surface area (Å²) in [7, 11) is 5.44. The van der Waals surface area contributed by atoms with Crippen LogP contribution >= 0.6 is 23.3 Å². The normalized spacial score (nSPS) is 11.0. The van der Waals surface area contributed by atoms with Crippen LogP contribution in [-0.4, -0.2) is 37.4 Å². The first-order chi connectivity index (χ1) is 16.9. The zero-order valence-corrected chi connectivity index (χ0v) is 21.0. The Morgan fingerprint density at radius 2 is 1.83 bits per heavy atom. The molecule has 0 aliphatic heterocycles. The summed E-state index contributed by atoms with van der Waals surface area (Å²) in [4.78, 5) is 20.1. The molecule has 0 fully saturated rings. The van der Waals surface area contributed by atoms with Crippen LogP contribution in [0.25, 0.3) is 20.9 Å². The second-order valence-electron chi connectivity index (χ2n) is 7.99. The maximum atomic E-state index is 14.0. The lowest BCUT2D eigenvalue weighted by atomic mass is 10.0. The van der Waals surface area contributed by atoms with Crippen molar-refractivity contribution in [3.8, 4) is 26.8 Å². The zero-order valence-electron chi connectivity index (χ0n) is 19.3. The van der Waals surface area contributed by atoms with Crippen molar-refractivity contribution in [1.29, 1.82) is 0 Å². The second kappa shape index (κ2) is 11.0. The van der Waals surface area contributed by atoms with Crippen LogP contribution in [0.4, 0.5) is 14.5 Å². The van der Waals surface area contributed by atoms with E-state index in [1.807, 2.05) is 55.4 Å². The summed E-state index contributed by atoms with van der Waals surface area (Å²) in [5.74, 6) is -0.919. The predicted octanol–water partition coefficient (Wildman–Crippen LogP) is 6.76. The van der Waals surface area contributed by atoms with Crippen LogP contribution < -0.4 is 9.46 Å². The molecular formula is C26H23F2N3O2S2. The van der Waals surface area contributed by atoms with Crippen LogP contribution in [-0.2, 0) is 6.54 Å². The van der Waals surface area contributed by atoms with E-state index in [4.69, 9.17) is 4.74 Å². The molecule has 2 aromatic heterocycles. The Hall–Kier alpha value is -3.27. The van der Waals surface area contributed by atoms with E-state index in [0.717, 1.165) is 50.7 Å². The van der Waals surface area contributed by atoms with Crippen molar-refractivity contribution in [3.05, 3.63) is 83.6 Å². The van der Waals surface area contributed by atoms with Gasteiger partial charge in [-0.1, -0.05) is 12.1 Å². The Kier molecular flexibility index (Phi) is 7.80. The molecule has 5 nitrogen and oxygen atoms in total. The van der Waals surface area contributed by atoms with Gasteiger partial charge in [0.1, 0.15) is 23.6 Å². The van der Waals surface area contributed by atoms with E-state index in [-0.39, 0.29) is 4.90 Å². The summed E-state index contributed by atoms with van der Waals surface area (Å²) in [6.07, 6.45) is 2.60. The molecule has 0 unspecified atom stereocenters. The standard InChI is InChI=1S/C26H23F2N3O2S2/c1-31(2)14-19-10-16(4-5-17(19)15-32)23-8-9-24(34-23)18-11-22(26(33-3)29-13-18)30-35-25-7-6-20(27)12-21(25)28/h4-13,15,30H,14H2,1-3H3. The van der Waals surface area contributed by atoms with Gasteiger partial charge in [-0.05, 0) is 73.6 Å². The average Bonchev–Trinajstić information content (AvgIpc) is 3.33. The molecule has 0 atom stereocenters. The summed E-state index contributed by atoms with van der Waals surface area (Å²) < 4.78 is 35.6. The minimum atomic E-state index is -0.650. The van der Waals surface area contributed by atoms with Crippen molar-refractivity contribution in [3.63, 3.8) is 0 Å². The number of hydrogen-bond acceptors (Lipinski definition) is 7. The molecule has 0 aliphatic rings. The molecule has 9 heteroatoms. The number of aldehydes is 1. The van der Waals surface area contributed by atoms with Gasteiger partial charge in [-0.3, -0.25) is 4.79 Å². The molecule has 35 heavy (non-hydrogen) atoms. The van der Waals surface area contributed by atoms with E-state index >= 15 is 0 Å². The number of thiophene rings is 1. The predicted molar refractivity (Wildman–Crippen MR) is 138 cm³/mol. The minimum Gasteiger partial charge on any atom is -0.480 e. The largest absolute Gasteiger partial charge is 0.480 e. The van der Waals surface area contributed by atoms with Crippen LogP contribution in [0.15, 0.2) is 65.7 Å². The van der Waals surface area contributed by atoms with Crippen molar-refractivity contribution in [2.45, 2.75) is 11.4 Å². The van der Waals surface area contributed by atoms with Gasteiger partial charge in [0, 0.05) is 39.7 Å². The third kappa shape index (κ3) is 5.87.